The normalized spacial score (nSPS) is 25.4. The van der Waals surface area contributed by atoms with Gasteiger partial charge in [-0.15, -0.1) is 0 Å². The molecule has 0 spiro atoms. The number of nitrogens with one attached hydrogen (secondary N) is 1. The third-order valence-corrected chi connectivity index (χ3v) is 2.48. The Kier molecular flexibility index (Phi) is 3.10. The van der Waals surface area contributed by atoms with Crippen LogP contribution in [0, 0.1) is 5.92 Å². The van der Waals surface area contributed by atoms with Crippen LogP contribution in [-0.2, 0) is 14.3 Å². The van der Waals surface area contributed by atoms with Crippen LogP contribution in [0.3, 0.4) is 0 Å². The first-order valence-corrected chi connectivity index (χ1v) is 4.62. The largest absolute Gasteiger partial charge is 0.468 e. The Morgan fingerprint density at radius 2 is 2.43 bits per heavy atom. The van der Waals surface area contributed by atoms with E-state index in [1.807, 2.05) is 0 Å². The van der Waals surface area contributed by atoms with Gasteiger partial charge in [0.15, 0.2) is 0 Å². The van der Waals surface area contributed by atoms with Gasteiger partial charge in [0.1, 0.15) is 5.54 Å². The van der Waals surface area contributed by atoms with Gasteiger partial charge in [0.05, 0.1) is 7.11 Å². The van der Waals surface area contributed by atoms with E-state index in [1.165, 1.54) is 7.11 Å². The van der Waals surface area contributed by atoms with Crippen LogP contribution in [0.5, 0.6) is 0 Å². The summed E-state index contributed by atoms with van der Waals surface area (Å²) in [7, 11) is 1.29. The monoisotopic (exact) mass is 200 g/mol. The fourth-order valence-corrected chi connectivity index (χ4v) is 1.67. The summed E-state index contributed by atoms with van der Waals surface area (Å²) in [5, 5.41) is 2.70. The molecular weight excluding hydrogens is 184 g/mol. The van der Waals surface area contributed by atoms with Crippen molar-refractivity contribution in [1.82, 2.24) is 5.32 Å². The summed E-state index contributed by atoms with van der Waals surface area (Å²) in [5.41, 5.74) is 4.69. The molecule has 1 saturated heterocycles. The van der Waals surface area contributed by atoms with Crippen LogP contribution < -0.4 is 11.1 Å². The highest BCUT2D eigenvalue weighted by Crippen LogP contribution is 2.21. The quantitative estimate of drug-likeness (QED) is 0.596. The lowest BCUT2D eigenvalue weighted by atomic mass is 9.89. The number of methoxy groups -OCH3 is 1. The molecule has 1 heterocycles. The van der Waals surface area contributed by atoms with Gasteiger partial charge in [0, 0.05) is 12.5 Å². The summed E-state index contributed by atoms with van der Waals surface area (Å²) in [4.78, 5) is 22.5. The van der Waals surface area contributed by atoms with E-state index in [4.69, 9.17) is 5.73 Å². The van der Waals surface area contributed by atoms with Crippen LogP contribution in [0.25, 0.3) is 0 Å². The van der Waals surface area contributed by atoms with Crippen LogP contribution in [-0.4, -0.2) is 31.1 Å². The van der Waals surface area contributed by atoms with Crippen molar-refractivity contribution < 1.29 is 14.3 Å². The number of hydrogen-bond acceptors (Lipinski definition) is 4. The van der Waals surface area contributed by atoms with Crippen molar-refractivity contribution in [3.8, 4) is 0 Å². The van der Waals surface area contributed by atoms with Gasteiger partial charge in [-0.1, -0.05) is 0 Å². The minimum atomic E-state index is -1.07. The van der Waals surface area contributed by atoms with E-state index in [0.717, 1.165) is 6.42 Å². The van der Waals surface area contributed by atoms with Crippen LogP contribution in [0.2, 0.25) is 0 Å². The Morgan fingerprint density at radius 3 is 2.86 bits per heavy atom. The highest BCUT2D eigenvalue weighted by molar-refractivity contribution is 5.84. The minimum absolute atomic E-state index is 0.0226. The summed E-state index contributed by atoms with van der Waals surface area (Å²) in [5.74, 6) is -0.660. The molecule has 0 aromatic heterocycles. The van der Waals surface area contributed by atoms with Crippen molar-refractivity contribution in [3.63, 3.8) is 0 Å². The maximum atomic E-state index is 11.2. The average molecular weight is 200 g/mol. The summed E-state index contributed by atoms with van der Waals surface area (Å²) < 4.78 is 4.56. The lowest BCUT2D eigenvalue weighted by Gasteiger charge is -2.23. The SMILES string of the molecule is COC(=O)[C@@](C)(N)CC1CCNC1=O. The van der Waals surface area contributed by atoms with Gasteiger partial charge in [-0.05, 0) is 19.8 Å². The molecule has 0 aromatic rings. The molecule has 1 rings (SSSR count). The Bertz CT molecular complexity index is 250. The smallest absolute Gasteiger partial charge is 0.325 e. The van der Waals surface area contributed by atoms with E-state index >= 15 is 0 Å². The second kappa shape index (κ2) is 3.96. The van der Waals surface area contributed by atoms with Gasteiger partial charge in [0.25, 0.3) is 0 Å². The average Bonchev–Trinajstić information content (AvgIpc) is 2.50. The van der Waals surface area contributed by atoms with Crippen molar-refractivity contribution in [2.24, 2.45) is 11.7 Å². The molecule has 0 bridgehead atoms. The third-order valence-electron chi connectivity index (χ3n) is 2.48. The molecule has 1 aliphatic rings. The number of carbonyl (C=O) groups excluding carboxylic acids is 2. The van der Waals surface area contributed by atoms with Crippen molar-refractivity contribution in [1.29, 1.82) is 0 Å². The molecule has 0 aliphatic carbocycles. The number of esters is 1. The summed E-state index contributed by atoms with van der Waals surface area (Å²) in [6, 6.07) is 0. The number of amides is 1. The van der Waals surface area contributed by atoms with Gasteiger partial charge in [-0.25, -0.2) is 0 Å². The number of ether oxygens (including phenoxy) is 1. The molecular formula is C9H16N2O3. The van der Waals surface area contributed by atoms with Gasteiger partial charge in [0.2, 0.25) is 5.91 Å². The lowest BCUT2D eigenvalue weighted by Crippen LogP contribution is -2.48. The Labute approximate surface area is 83.0 Å². The Hall–Kier alpha value is -1.10. The molecule has 1 unspecified atom stereocenters. The summed E-state index contributed by atoms with van der Waals surface area (Å²) in [6.07, 6.45) is 1.08. The topological polar surface area (TPSA) is 81.4 Å². The standard InChI is InChI=1S/C9H16N2O3/c1-9(10,8(13)14-2)5-6-3-4-11-7(6)12/h6H,3-5,10H2,1-2H3,(H,11,12)/t6?,9-/m0/s1. The van der Waals surface area contributed by atoms with Crippen molar-refractivity contribution in [2.45, 2.75) is 25.3 Å². The molecule has 5 heteroatoms. The number of hydrogen-bond donors (Lipinski definition) is 2. The predicted molar refractivity (Wildman–Crippen MR) is 50.3 cm³/mol. The van der Waals surface area contributed by atoms with Crippen LogP contribution in [0.4, 0.5) is 0 Å². The second-order valence-electron chi connectivity index (χ2n) is 3.89. The molecule has 3 N–H and O–H groups in total. The van der Waals surface area contributed by atoms with E-state index in [0.29, 0.717) is 13.0 Å². The first kappa shape index (κ1) is 11.0. The van der Waals surface area contributed by atoms with Crippen LogP contribution >= 0.6 is 0 Å². The number of carbonyl (C=O) groups is 2. The lowest BCUT2D eigenvalue weighted by molar-refractivity contribution is -0.147. The van der Waals surface area contributed by atoms with E-state index in [-0.39, 0.29) is 11.8 Å². The van der Waals surface area contributed by atoms with Gasteiger partial charge < -0.3 is 15.8 Å². The van der Waals surface area contributed by atoms with Gasteiger partial charge >= 0.3 is 5.97 Å². The summed E-state index contributed by atoms with van der Waals surface area (Å²) >= 11 is 0. The van der Waals surface area contributed by atoms with E-state index < -0.39 is 11.5 Å². The number of rotatable bonds is 3. The first-order valence-electron chi connectivity index (χ1n) is 4.62. The predicted octanol–water partition coefficient (Wildman–Crippen LogP) is -0.597. The van der Waals surface area contributed by atoms with Gasteiger partial charge in [-0.2, -0.15) is 0 Å². The fourth-order valence-electron chi connectivity index (χ4n) is 1.67. The molecule has 1 fully saturated rings. The molecule has 0 saturated carbocycles. The van der Waals surface area contributed by atoms with E-state index in [9.17, 15) is 9.59 Å². The highest BCUT2D eigenvalue weighted by Gasteiger charge is 2.36. The maximum absolute atomic E-state index is 11.2. The zero-order valence-electron chi connectivity index (χ0n) is 8.50. The van der Waals surface area contributed by atoms with Crippen molar-refractivity contribution >= 4 is 11.9 Å². The summed E-state index contributed by atoms with van der Waals surface area (Å²) in [6.45, 7) is 2.26. The van der Waals surface area contributed by atoms with E-state index in [2.05, 4.69) is 10.1 Å². The molecule has 5 nitrogen and oxygen atoms in total. The molecule has 1 aliphatic heterocycles. The first-order chi connectivity index (χ1) is 6.47. The zero-order valence-corrected chi connectivity index (χ0v) is 8.50. The Morgan fingerprint density at radius 1 is 1.79 bits per heavy atom. The zero-order chi connectivity index (χ0) is 10.8. The van der Waals surface area contributed by atoms with Gasteiger partial charge in [-0.3, -0.25) is 9.59 Å². The maximum Gasteiger partial charge on any atom is 0.325 e. The molecule has 0 aromatic carbocycles. The van der Waals surface area contributed by atoms with Crippen molar-refractivity contribution in [2.75, 3.05) is 13.7 Å². The van der Waals surface area contributed by atoms with E-state index in [1.54, 1.807) is 6.92 Å². The second-order valence-corrected chi connectivity index (χ2v) is 3.89. The molecule has 1 amide bonds. The van der Waals surface area contributed by atoms with Crippen LogP contribution in [0.15, 0.2) is 0 Å². The molecule has 2 atom stereocenters. The fraction of sp³-hybridized carbons (Fsp3) is 0.778. The third kappa shape index (κ3) is 2.23. The molecule has 80 valence electrons. The number of nitrogens with two attached hydrogens (primary N) is 1. The molecule has 0 radical (unpaired) electrons. The van der Waals surface area contributed by atoms with Crippen LogP contribution in [0.1, 0.15) is 19.8 Å². The Balaban J connectivity index is 2.58. The minimum Gasteiger partial charge on any atom is -0.468 e. The highest BCUT2D eigenvalue weighted by atomic mass is 16.5. The molecule has 14 heavy (non-hydrogen) atoms. The van der Waals surface area contributed by atoms with Crippen molar-refractivity contribution in [3.05, 3.63) is 0 Å².